The van der Waals surface area contributed by atoms with E-state index in [0.29, 0.717) is 35.6 Å². The van der Waals surface area contributed by atoms with E-state index in [1.165, 1.54) is 13.0 Å². The average molecular weight is 431 g/mol. The molecule has 2 aromatic heterocycles. The normalized spacial score (nSPS) is 17.9. The fourth-order valence-electron chi connectivity index (χ4n) is 4.12. The van der Waals surface area contributed by atoms with Gasteiger partial charge in [-0.25, -0.2) is 0 Å². The van der Waals surface area contributed by atoms with Crippen molar-refractivity contribution in [3.05, 3.63) is 52.8 Å². The maximum atomic E-state index is 13.3. The number of hydrogen-bond acceptors (Lipinski definition) is 6. The topological polar surface area (TPSA) is 74.2 Å². The van der Waals surface area contributed by atoms with Crippen molar-refractivity contribution in [2.24, 2.45) is 0 Å². The van der Waals surface area contributed by atoms with Crippen molar-refractivity contribution in [3.63, 3.8) is 0 Å². The SMILES string of the molecule is Cc1c([C@@H](C)Nc2nnc(C)c3ncc(N4CC[C@H](O)C4)cc23)cccc1C(F)(F)F. The second-order valence-corrected chi connectivity index (χ2v) is 8.00. The zero-order valence-corrected chi connectivity index (χ0v) is 17.5. The standard InChI is InChI=1S/C22H24F3N5O/c1-12-17(5-4-6-19(12)22(23,24)25)13(2)27-21-18-9-15(30-8-7-16(31)11-30)10-26-20(18)14(3)28-29-21/h4-6,9-10,13,16,31H,7-8,11H2,1-3H3,(H,27,29)/t13-,16+/m1/s1. The number of aliphatic hydroxyl groups is 1. The zero-order valence-electron chi connectivity index (χ0n) is 17.5. The summed E-state index contributed by atoms with van der Waals surface area (Å²) < 4.78 is 40.0. The van der Waals surface area contributed by atoms with Crippen LogP contribution >= 0.6 is 0 Å². The molecule has 4 rings (SSSR count). The van der Waals surface area contributed by atoms with E-state index < -0.39 is 17.8 Å². The minimum atomic E-state index is -4.41. The predicted octanol–water partition coefficient (Wildman–Crippen LogP) is 4.40. The number of benzene rings is 1. The molecule has 0 amide bonds. The van der Waals surface area contributed by atoms with Gasteiger partial charge < -0.3 is 15.3 Å². The van der Waals surface area contributed by atoms with Crippen LogP contribution in [0.4, 0.5) is 24.7 Å². The van der Waals surface area contributed by atoms with Gasteiger partial charge in [-0.3, -0.25) is 4.98 Å². The van der Waals surface area contributed by atoms with E-state index in [9.17, 15) is 18.3 Å². The van der Waals surface area contributed by atoms with Gasteiger partial charge in [-0.15, -0.1) is 5.10 Å². The van der Waals surface area contributed by atoms with E-state index in [0.717, 1.165) is 23.7 Å². The molecule has 1 saturated heterocycles. The molecule has 3 heterocycles. The first-order valence-corrected chi connectivity index (χ1v) is 10.1. The van der Waals surface area contributed by atoms with Crippen LogP contribution in [0.1, 0.15) is 41.8 Å². The van der Waals surface area contributed by atoms with Crippen molar-refractivity contribution in [1.29, 1.82) is 0 Å². The first-order chi connectivity index (χ1) is 14.6. The smallest absolute Gasteiger partial charge is 0.391 e. The summed E-state index contributed by atoms with van der Waals surface area (Å²) in [5.41, 5.74) is 2.28. The van der Waals surface area contributed by atoms with Crippen molar-refractivity contribution < 1.29 is 18.3 Å². The van der Waals surface area contributed by atoms with E-state index in [4.69, 9.17) is 0 Å². The Bertz CT molecular complexity index is 1120. The number of halogens is 3. The highest BCUT2D eigenvalue weighted by Gasteiger charge is 2.33. The second-order valence-electron chi connectivity index (χ2n) is 8.00. The minimum absolute atomic E-state index is 0.184. The number of fused-ring (bicyclic) bond motifs is 1. The molecule has 0 spiro atoms. The quantitative estimate of drug-likeness (QED) is 0.638. The molecule has 2 atom stereocenters. The summed E-state index contributed by atoms with van der Waals surface area (Å²) in [7, 11) is 0. The molecule has 1 aliphatic heterocycles. The fourth-order valence-corrected chi connectivity index (χ4v) is 4.12. The number of hydrogen-bond donors (Lipinski definition) is 2. The maximum Gasteiger partial charge on any atom is 0.416 e. The number of rotatable bonds is 4. The van der Waals surface area contributed by atoms with Crippen LogP contribution in [0.25, 0.3) is 10.9 Å². The van der Waals surface area contributed by atoms with Gasteiger partial charge in [0.25, 0.3) is 0 Å². The van der Waals surface area contributed by atoms with Crippen molar-refractivity contribution in [3.8, 4) is 0 Å². The molecule has 0 bridgehead atoms. The minimum Gasteiger partial charge on any atom is -0.391 e. The number of aromatic nitrogens is 3. The molecule has 9 heteroatoms. The highest BCUT2D eigenvalue weighted by molar-refractivity contribution is 5.92. The molecular formula is C22H24F3N5O. The molecule has 164 valence electrons. The largest absolute Gasteiger partial charge is 0.416 e. The number of β-amino-alcohol motifs (C(OH)–C–C–N with tert-alkyl or cyclic N) is 1. The van der Waals surface area contributed by atoms with Gasteiger partial charge in [0.1, 0.15) is 0 Å². The van der Waals surface area contributed by atoms with Crippen LogP contribution in [0, 0.1) is 13.8 Å². The molecule has 6 nitrogen and oxygen atoms in total. The Kier molecular flexibility index (Phi) is 5.47. The molecule has 2 N–H and O–H groups in total. The summed E-state index contributed by atoms with van der Waals surface area (Å²) in [5.74, 6) is 0.457. The van der Waals surface area contributed by atoms with Crippen LogP contribution < -0.4 is 10.2 Å². The lowest BCUT2D eigenvalue weighted by Crippen LogP contribution is -2.21. The van der Waals surface area contributed by atoms with E-state index in [1.807, 2.05) is 13.0 Å². The van der Waals surface area contributed by atoms with Crippen LogP contribution in [0.3, 0.4) is 0 Å². The Morgan fingerprint density at radius 3 is 2.68 bits per heavy atom. The lowest BCUT2D eigenvalue weighted by atomic mass is 9.97. The number of aryl methyl sites for hydroxylation is 1. The van der Waals surface area contributed by atoms with Crippen molar-refractivity contribution in [2.75, 3.05) is 23.3 Å². The molecular weight excluding hydrogens is 407 g/mol. The third-order valence-electron chi connectivity index (χ3n) is 5.80. The lowest BCUT2D eigenvalue weighted by Gasteiger charge is -2.22. The molecule has 1 fully saturated rings. The highest BCUT2D eigenvalue weighted by atomic mass is 19.4. The molecule has 0 radical (unpaired) electrons. The third kappa shape index (κ3) is 4.14. The number of anilines is 2. The van der Waals surface area contributed by atoms with Crippen molar-refractivity contribution in [1.82, 2.24) is 15.2 Å². The lowest BCUT2D eigenvalue weighted by molar-refractivity contribution is -0.138. The summed E-state index contributed by atoms with van der Waals surface area (Å²) in [5, 5.41) is 22.2. The number of aliphatic hydroxyl groups excluding tert-OH is 1. The van der Waals surface area contributed by atoms with Gasteiger partial charge in [0.05, 0.1) is 40.8 Å². The summed E-state index contributed by atoms with van der Waals surface area (Å²) in [6.07, 6.45) is -2.33. The predicted molar refractivity (Wildman–Crippen MR) is 113 cm³/mol. The first-order valence-electron chi connectivity index (χ1n) is 10.1. The van der Waals surface area contributed by atoms with E-state index >= 15 is 0 Å². The zero-order chi connectivity index (χ0) is 22.3. The number of nitrogens with zero attached hydrogens (tertiary/aromatic N) is 4. The maximum absolute atomic E-state index is 13.3. The van der Waals surface area contributed by atoms with Gasteiger partial charge in [0, 0.05) is 18.5 Å². The number of nitrogens with one attached hydrogen (secondary N) is 1. The highest BCUT2D eigenvalue weighted by Crippen LogP contribution is 2.36. The second kappa shape index (κ2) is 7.96. The molecule has 0 saturated carbocycles. The van der Waals surface area contributed by atoms with E-state index in [2.05, 4.69) is 25.4 Å². The van der Waals surface area contributed by atoms with Crippen molar-refractivity contribution in [2.45, 2.75) is 45.5 Å². The third-order valence-corrected chi connectivity index (χ3v) is 5.80. The van der Waals surface area contributed by atoms with Crippen LogP contribution in [0.2, 0.25) is 0 Å². The molecule has 31 heavy (non-hydrogen) atoms. The van der Waals surface area contributed by atoms with Crippen LogP contribution in [-0.4, -0.2) is 39.5 Å². The number of pyridine rings is 1. The van der Waals surface area contributed by atoms with Gasteiger partial charge in [-0.1, -0.05) is 12.1 Å². The molecule has 3 aromatic rings. The Morgan fingerprint density at radius 1 is 1.23 bits per heavy atom. The molecule has 0 unspecified atom stereocenters. The number of alkyl halides is 3. The first kappa shape index (κ1) is 21.3. The Balaban J connectivity index is 1.71. The Morgan fingerprint density at radius 2 is 2.00 bits per heavy atom. The van der Waals surface area contributed by atoms with Crippen LogP contribution in [0.15, 0.2) is 30.5 Å². The molecule has 1 aliphatic rings. The fraction of sp³-hybridized carbons (Fsp3) is 0.409. The van der Waals surface area contributed by atoms with Crippen LogP contribution in [-0.2, 0) is 6.18 Å². The van der Waals surface area contributed by atoms with Crippen molar-refractivity contribution >= 4 is 22.4 Å². The molecule has 1 aromatic carbocycles. The average Bonchev–Trinajstić information content (AvgIpc) is 3.15. The summed E-state index contributed by atoms with van der Waals surface area (Å²) >= 11 is 0. The molecule has 0 aliphatic carbocycles. The monoisotopic (exact) mass is 431 g/mol. The van der Waals surface area contributed by atoms with E-state index in [-0.39, 0.29) is 11.7 Å². The Labute approximate surface area is 178 Å². The summed E-state index contributed by atoms with van der Waals surface area (Å²) in [6.45, 7) is 6.35. The van der Waals surface area contributed by atoms with Gasteiger partial charge in [0.15, 0.2) is 5.82 Å². The van der Waals surface area contributed by atoms with Gasteiger partial charge >= 0.3 is 6.18 Å². The van der Waals surface area contributed by atoms with Gasteiger partial charge in [-0.05, 0) is 50.5 Å². The van der Waals surface area contributed by atoms with Gasteiger partial charge in [0.2, 0.25) is 0 Å². The Hall–Kier alpha value is -2.94. The van der Waals surface area contributed by atoms with E-state index in [1.54, 1.807) is 19.2 Å². The summed E-state index contributed by atoms with van der Waals surface area (Å²) in [4.78, 5) is 6.59. The van der Waals surface area contributed by atoms with Crippen LogP contribution in [0.5, 0.6) is 0 Å². The van der Waals surface area contributed by atoms with Gasteiger partial charge in [-0.2, -0.15) is 18.3 Å². The summed E-state index contributed by atoms with van der Waals surface area (Å²) in [6, 6.07) is 5.70.